The van der Waals surface area contributed by atoms with Crippen molar-refractivity contribution in [3.05, 3.63) is 30.1 Å². The number of nitrogens with one attached hydrogen (secondary N) is 1. The number of fused-ring (bicyclic) bond motifs is 1. The first kappa shape index (κ1) is 9.16. The zero-order chi connectivity index (χ0) is 10.3. The molecule has 1 aromatic carbocycles. The van der Waals surface area contributed by atoms with Gasteiger partial charge in [0.2, 0.25) is 0 Å². The Balaban J connectivity index is 1.60. The fraction of sp³-hybridized carbons (Fsp3) is 0.500. The van der Waals surface area contributed by atoms with Gasteiger partial charge in [0, 0.05) is 12.0 Å². The standard InChI is InChI=1S/C12H14FNO/c13-10-1-3-11(4-2-10)15-8-12-5-9(12)6-14-7-12/h1-4,9,14H,5-8H2. The first-order valence-corrected chi connectivity index (χ1v) is 5.38. The largest absolute Gasteiger partial charge is 0.493 e. The van der Waals surface area contributed by atoms with Gasteiger partial charge in [0.05, 0.1) is 6.61 Å². The van der Waals surface area contributed by atoms with Gasteiger partial charge in [0.25, 0.3) is 0 Å². The quantitative estimate of drug-likeness (QED) is 0.816. The minimum Gasteiger partial charge on any atom is -0.493 e. The molecule has 0 aromatic heterocycles. The molecular formula is C12H14FNO. The second kappa shape index (κ2) is 3.20. The van der Waals surface area contributed by atoms with Crippen LogP contribution in [0.3, 0.4) is 0 Å². The van der Waals surface area contributed by atoms with Crippen LogP contribution in [0.4, 0.5) is 4.39 Å². The molecular weight excluding hydrogens is 193 g/mol. The van der Waals surface area contributed by atoms with E-state index < -0.39 is 0 Å². The highest BCUT2D eigenvalue weighted by Gasteiger charge is 2.57. The summed E-state index contributed by atoms with van der Waals surface area (Å²) in [5.41, 5.74) is 0.383. The molecule has 1 heterocycles. The third kappa shape index (κ3) is 1.61. The smallest absolute Gasteiger partial charge is 0.123 e. The minimum absolute atomic E-state index is 0.215. The molecule has 0 radical (unpaired) electrons. The SMILES string of the molecule is Fc1ccc(OCC23CNCC2C3)cc1. The van der Waals surface area contributed by atoms with E-state index in [1.54, 1.807) is 12.1 Å². The first-order valence-electron chi connectivity index (χ1n) is 5.38. The Morgan fingerprint density at radius 1 is 1.40 bits per heavy atom. The number of hydrogen-bond acceptors (Lipinski definition) is 2. The molecule has 0 spiro atoms. The van der Waals surface area contributed by atoms with Crippen LogP contribution in [0, 0.1) is 17.2 Å². The van der Waals surface area contributed by atoms with Crippen molar-refractivity contribution in [2.45, 2.75) is 6.42 Å². The van der Waals surface area contributed by atoms with Crippen molar-refractivity contribution in [2.24, 2.45) is 11.3 Å². The molecule has 3 heteroatoms. The molecule has 80 valence electrons. The Morgan fingerprint density at radius 2 is 2.20 bits per heavy atom. The van der Waals surface area contributed by atoms with Crippen LogP contribution in [-0.4, -0.2) is 19.7 Å². The summed E-state index contributed by atoms with van der Waals surface area (Å²) < 4.78 is 18.3. The third-order valence-corrected chi connectivity index (χ3v) is 3.57. The van der Waals surface area contributed by atoms with Crippen molar-refractivity contribution >= 4 is 0 Å². The number of halogens is 1. The van der Waals surface area contributed by atoms with Crippen molar-refractivity contribution < 1.29 is 9.13 Å². The lowest BCUT2D eigenvalue weighted by Gasteiger charge is -2.13. The Morgan fingerprint density at radius 3 is 2.80 bits per heavy atom. The summed E-state index contributed by atoms with van der Waals surface area (Å²) in [7, 11) is 0. The van der Waals surface area contributed by atoms with E-state index in [0.717, 1.165) is 31.4 Å². The number of piperidine rings is 1. The van der Waals surface area contributed by atoms with Crippen molar-refractivity contribution in [1.29, 1.82) is 0 Å². The van der Waals surface area contributed by atoms with Gasteiger partial charge in [-0.15, -0.1) is 0 Å². The second-order valence-corrected chi connectivity index (χ2v) is 4.64. The van der Waals surface area contributed by atoms with E-state index in [1.807, 2.05) is 0 Å². The van der Waals surface area contributed by atoms with Gasteiger partial charge in [0.1, 0.15) is 11.6 Å². The van der Waals surface area contributed by atoms with Gasteiger partial charge in [-0.3, -0.25) is 0 Å². The number of benzene rings is 1. The molecule has 1 N–H and O–H groups in total. The van der Waals surface area contributed by atoms with Gasteiger partial charge < -0.3 is 10.1 Å². The third-order valence-electron chi connectivity index (χ3n) is 3.57. The summed E-state index contributed by atoms with van der Waals surface area (Å²) in [5.74, 6) is 1.36. The second-order valence-electron chi connectivity index (χ2n) is 4.64. The van der Waals surface area contributed by atoms with Crippen molar-refractivity contribution in [3.63, 3.8) is 0 Å². The lowest BCUT2D eigenvalue weighted by atomic mass is 10.1. The topological polar surface area (TPSA) is 21.3 Å². The van der Waals surface area contributed by atoms with Crippen LogP contribution in [0.25, 0.3) is 0 Å². The predicted octanol–water partition coefficient (Wildman–Crippen LogP) is 1.81. The maximum absolute atomic E-state index is 12.6. The number of rotatable bonds is 3. The highest BCUT2D eigenvalue weighted by atomic mass is 19.1. The van der Waals surface area contributed by atoms with E-state index in [4.69, 9.17) is 4.74 Å². The van der Waals surface area contributed by atoms with E-state index in [0.29, 0.717) is 5.41 Å². The fourth-order valence-electron chi connectivity index (χ4n) is 2.42. The Bertz CT molecular complexity index is 364. The average molecular weight is 207 g/mol. The molecule has 0 amide bonds. The molecule has 1 aliphatic heterocycles. The lowest BCUT2D eigenvalue weighted by molar-refractivity contribution is 0.236. The zero-order valence-corrected chi connectivity index (χ0v) is 8.50. The van der Waals surface area contributed by atoms with Gasteiger partial charge in [-0.05, 0) is 43.1 Å². The molecule has 15 heavy (non-hydrogen) atoms. The lowest BCUT2D eigenvalue weighted by Crippen LogP contribution is -2.21. The van der Waals surface area contributed by atoms with Crippen molar-refractivity contribution in [2.75, 3.05) is 19.7 Å². The summed E-state index contributed by atoms with van der Waals surface area (Å²) in [4.78, 5) is 0. The van der Waals surface area contributed by atoms with Gasteiger partial charge in [-0.1, -0.05) is 0 Å². The monoisotopic (exact) mass is 207 g/mol. The van der Waals surface area contributed by atoms with Crippen LogP contribution in [0.2, 0.25) is 0 Å². The van der Waals surface area contributed by atoms with Gasteiger partial charge in [-0.25, -0.2) is 4.39 Å². The van der Waals surface area contributed by atoms with E-state index in [-0.39, 0.29) is 5.82 Å². The summed E-state index contributed by atoms with van der Waals surface area (Å²) in [6.45, 7) is 2.96. The predicted molar refractivity (Wildman–Crippen MR) is 55.3 cm³/mol. The molecule has 0 bridgehead atoms. The molecule has 1 aromatic rings. The van der Waals surface area contributed by atoms with E-state index >= 15 is 0 Å². The van der Waals surface area contributed by atoms with Crippen molar-refractivity contribution in [1.82, 2.24) is 5.32 Å². The molecule has 3 rings (SSSR count). The zero-order valence-electron chi connectivity index (χ0n) is 8.50. The van der Waals surface area contributed by atoms with Gasteiger partial charge in [-0.2, -0.15) is 0 Å². The Hall–Kier alpha value is -1.09. The van der Waals surface area contributed by atoms with E-state index in [2.05, 4.69) is 5.32 Å². The highest BCUT2D eigenvalue weighted by Crippen LogP contribution is 2.54. The Kier molecular flexibility index (Phi) is 1.96. The molecule has 2 fully saturated rings. The molecule has 2 nitrogen and oxygen atoms in total. The molecule has 1 aliphatic carbocycles. The molecule has 2 atom stereocenters. The van der Waals surface area contributed by atoms with Crippen LogP contribution in [0.5, 0.6) is 5.75 Å². The van der Waals surface area contributed by atoms with Crippen LogP contribution >= 0.6 is 0 Å². The van der Waals surface area contributed by atoms with Crippen molar-refractivity contribution in [3.8, 4) is 5.75 Å². The summed E-state index contributed by atoms with van der Waals surface area (Å²) in [6.07, 6.45) is 1.28. The maximum atomic E-state index is 12.6. The molecule has 1 saturated carbocycles. The highest BCUT2D eigenvalue weighted by molar-refractivity contribution is 5.23. The van der Waals surface area contributed by atoms with Crippen LogP contribution < -0.4 is 10.1 Å². The van der Waals surface area contributed by atoms with Gasteiger partial charge >= 0.3 is 0 Å². The number of hydrogen-bond donors (Lipinski definition) is 1. The number of ether oxygens (including phenoxy) is 1. The maximum Gasteiger partial charge on any atom is 0.123 e. The van der Waals surface area contributed by atoms with Crippen LogP contribution in [0.1, 0.15) is 6.42 Å². The minimum atomic E-state index is -0.215. The van der Waals surface area contributed by atoms with E-state index in [1.165, 1.54) is 18.6 Å². The summed E-state index contributed by atoms with van der Waals surface area (Å²) in [6, 6.07) is 6.24. The van der Waals surface area contributed by atoms with Gasteiger partial charge in [0.15, 0.2) is 0 Å². The van der Waals surface area contributed by atoms with Crippen LogP contribution in [0.15, 0.2) is 24.3 Å². The molecule has 2 unspecified atom stereocenters. The molecule has 1 saturated heterocycles. The summed E-state index contributed by atoms with van der Waals surface area (Å²) >= 11 is 0. The normalized spacial score (nSPS) is 32.5. The van der Waals surface area contributed by atoms with E-state index in [9.17, 15) is 4.39 Å². The summed E-state index contributed by atoms with van der Waals surface area (Å²) in [5, 5.41) is 3.37. The van der Waals surface area contributed by atoms with Crippen LogP contribution in [-0.2, 0) is 0 Å². The molecule has 2 aliphatic rings. The average Bonchev–Trinajstić information content (AvgIpc) is 2.80. The fourth-order valence-corrected chi connectivity index (χ4v) is 2.42. The Labute approximate surface area is 88.4 Å². The first-order chi connectivity index (χ1) is 7.28.